The molecule has 0 bridgehead atoms. The number of thiophene rings is 1. The number of likely N-dealkylation sites (tertiary alicyclic amines) is 1. The number of carbonyl (C=O) groups is 1. The van der Waals surface area contributed by atoms with Gasteiger partial charge in [-0.2, -0.15) is 0 Å². The van der Waals surface area contributed by atoms with Gasteiger partial charge in [0.2, 0.25) is 0 Å². The van der Waals surface area contributed by atoms with Gasteiger partial charge in [-0.25, -0.2) is 0 Å². The van der Waals surface area contributed by atoms with E-state index in [1.165, 1.54) is 24.1 Å². The van der Waals surface area contributed by atoms with Gasteiger partial charge in [-0.1, -0.05) is 25.1 Å². The SMILES string of the molecule is CCN1CCC[C@@H]1CNC(=O)c1ccc(N2CCc3ccccc32)s1. The number of fused-ring (bicyclic) bond motifs is 1. The summed E-state index contributed by atoms with van der Waals surface area (Å²) < 4.78 is 0. The predicted octanol–water partition coefficient (Wildman–Crippen LogP) is 3.66. The van der Waals surface area contributed by atoms with Gasteiger partial charge in [-0.15, -0.1) is 11.3 Å². The predicted molar refractivity (Wildman–Crippen MR) is 104 cm³/mol. The van der Waals surface area contributed by atoms with Crippen LogP contribution < -0.4 is 10.2 Å². The second-order valence-electron chi connectivity index (χ2n) is 6.80. The monoisotopic (exact) mass is 355 g/mol. The van der Waals surface area contributed by atoms with Crippen LogP contribution in [0.25, 0.3) is 0 Å². The molecule has 1 aromatic heterocycles. The fourth-order valence-electron chi connectivity index (χ4n) is 4.00. The van der Waals surface area contributed by atoms with Crippen LogP contribution in [0, 0.1) is 0 Å². The van der Waals surface area contributed by atoms with E-state index in [-0.39, 0.29) is 5.91 Å². The maximum atomic E-state index is 12.5. The Labute approximate surface area is 153 Å². The lowest BCUT2D eigenvalue weighted by Crippen LogP contribution is -2.39. The molecule has 2 aromatic rings. The molecule has 4 rings (SSSR count). The molecule has 2 aliphatic heterocycles. The number of likely N-dealkylation sites (N-methyl/N-ethyl adjacent to an activating group) is 1. The summed E-state index contributed by atoms with van der Waals surface area (Å²) >= 11 is 1.59. The van der Waals surface area contributed by atoms with E-state index in [1.54, 1.807) is 11.3 Å². The van der Waals surface area contributed by atoms with Crippen LogP contribution >= 0.6 is 11.3 Å². The van der Waals surface area contributed by atoms with Crippen LogP contribution in [-0.4, -0.2) is 43.0 Å². The molecule has 0 aliphatic carbocycles. The van der Waals surface area contributed by atoms with Gasteiger partial charge in [0, 0.05) is 24.8 Å². The second kappa shape index (κ2) is 7.18. The fraction of sp³-hybridized carbons (Fsp3) is 0.450. The molecule has 1 atom stereocenters. The van der Waals surface area contributed by atoms with E-state index in [2.05, 4.69) is 52.4 Å². The maximum Gasteiger partial charge on any atom is 0.261 e. The zero-order chi connectivity index (χ0) is 17.2. The molecule has 0 saturated carbocycles. The molecule has 3 heterocycles. The average molecular weight is 356 g/mol. The first kappa shape index (κ1) is 16.6. The van der Waals surface area contributed by atoms with Crippen molar-refractivity contribution < 1.29 is 4.79 Å². The minimum atomic E-state index is 0.0617. The van der Waals surface area contributed by atoms with E-state index in [4.69, 9.17) is 0 Å². The number of amides is 1. The fourth-order valence-corrected chi connectivity index (χ4v) is 4.96. The Kier molecular flexibility index (Phi) is 4.77. The number of hydrogen-bond donors (Lipinski definition) is 1. The summed E-state index contributed by atoms with van der Waals surface area (Å²) in [6.45, 7) is 6.17. The Morgan fingerprint density at radius 1 is 1.24 bits per heavy atom. The van der Waals surface area contributed by atoms with Crippen LogP contribution in [0.15, 0.2) is 36.4 Å². The van der Waals surface area contributed by atoms with E-state index < -0.39 is 0 Å². The van der Waals surface area contributed by atoms with Crippen LogP contribution in [0.5, 0.6) is 0 Å². The molecular formula is C20H25N3OS. The minimum absolute atomic E-state index is 0.0617. The van der Waals surface area contributed by atoms with Crippen LogP contribution in [0.3, 0.4) is 0 Å². The van der Waals surface area contributed by atoms with E-state index in [0.29, 0.717) is 6.04 Å². The van der Waals surface area contributed by atoms with E-state index >= 15 is 0 Å². The molecule has 2 aliphatic rings. The first-order valence-corrected chi connectivity index (χ1v) is 10.1. The van der Waals surface area contributed by atoms with Crippen LogP contribution in [0.1, 0.15) is 35.0 Å². The molecule has 1 fully saturated rings. The first-order valence-electron chi connectivity index (χ1n) is 9.24. The number of carbonyl (C=O) groups excluding carboxylic acids is 1. The third-order valence-electron chi connectivity index (χ3n) is 5.37. The van der Waals surface area contributed by atoms with Crippen molar-refractivity contribution in [3.8, 4) is 0 Å². The molecule has 0 radical (unpaired) electrons. The maximum absolute atomic E-state index is 12.5. The van der Waals surface area contributed by atoms with Gasteiger partial charge in [0.1, 0.15) is 0 Å². The van der Waals surface area contributed by atoms with Crippen molar-refractivity contribution >= 4 is 27.9 Å². The highest BCUT2D eigenvalue weighted by molar-refractivity contribution is 7.18. The topological polar surface area (TPSA) is 35.6 Å². The highest BCUT2D eigenvalue weighted by atomic mass is 32.1. The Hall–Kier alpha value is -1.85. The largest absolute Gasteiger partial charge is 0.350 e. The molecule has 1 amide bonds. The van der Waals surface area contributed by atoms with Crippen LogP contribution in [-0.2, 0) is 6.42 Å². The summed E-state index contributed by atoms with van der Waals surface area (Å²) in [7, 11) is 0. The third kappa shape index (κ3) is 3.31. The summed E-state index contributed by atoms with van der Waals surface area (Å²) in [5.41, 5.74) is 2.67. The Balaban J connectivity index is 1.41. The summed E-state index contributed by atoms with van der Waals surface area (Å²) in [4.78, 5) is 18.1. The highest BCUT2D eigenvalue weighted by Crippen LogP contribution is 2.38. The van der Waals surface area contributed by atoms with Crippen molar-refractivity contribution in [1.82, 2.24) is 10.2 Å². The number of nitrogens with one attached hydrogen (secondary N) is 1. The molecule has 132 valence electrons. The lowest BCUT2D eigenvalue weighted by atomic mass is 10.2. The Bertz CT molecular complexity index is 757. The lowest BCUT2D eigenvalue weighted by Gasteiger charge is -2.22. The second-order valence-corrected chi connectivity index (χ2v) is 7.87. The molecule has 1 aromatic carbocycles. The number of rotatable bonds is 5. The van der Waals surface area contributed by atoms with Gasteiger partial charge in [-0.3, -0.25) is 9.69 Å². The smallest absolute Gasteiger partial charge is 0.261 e. The lowest BCUT2D eigenvalue weighted by molar-refractivity contribution is 0.0945. The minimum Gasteiger partial charge on any atom is -0.350 e. The van der Waals surface area contributed by atoms with Crippen LogP contribution in [0.2, 0.25) is 0 Å². The van der Waals surface area contributed by atoms with Crippen molar-refractivity contribution in [3.63, 3.8) is 0 Å². The number of anilines is 2. The van der Waals surface area contributed by atoms with Gasteiger partial charge in [0.05, 0.1) is 9.88 Å². The molecule has 25 heavy (non-hydrogen) atoms. The van der Waals surface area contributed by atoms with Gasteiger partial charge in [0.25, 0.3) is 5.91 Å². The highest BCUT2D eigenvalue weighted by Gasteiger charge is 2.25. The summed E-state index contributed by atoms with van der Waals surface area (Å²) in [6.07, 6.45) is 3.50. The molecule has 4 nitrogen and oxygen atoms in total. The van der Waals surface area contributed by atoms with Crippen molar-refractivity contribution in [3.05, 3.63) is 46.8 Å². The average Bonchev–Trinajstić information content (AvgIpc) is 3.37. The van der Waals surface area contributed by atoms with Crippen molar-refractivity contribution in [2.24, 2.45) is 0 Å². The summed E-state index contributed by atoms with van der Waals surface area (Å²) in [5, 5.41) is 4.30. The molecule has 1 saturated heterocycles. The van der Waals surface area contributed by atoms with Gasteiger partial charge in [-0.05, 0) is 56.1 Å². The standard InChI is InChI=1S/C20H25N3OS/c1-2-22-12-5-7-16(22)14-21-20(24)18-9-10-19(25-18)23-13-11-15-6-3-4-8-17(15)23/h3-4,6,8-10,16H,2,5,7,11-14H2,1H3,(H,21,24)/t16-/m1/s1. The number of hydrogen-bond acceptors (Lipinski definition) is 4. The summed E-state index contributed by atoms with van der Waals surface area (Å²) in [6, 6.07) is 13.1. The molecule has 0 spiro atoms. The van der Waals surface area contributed by atoms with Gasteiger partial charge in [0.15, 0.2) is 0 Å². The Morgan fingerprint density at radius 3 is 3.00 bits per heavy atom. The van der Waals surface area contributed by atoms with Gasteiger partial charge < -0.3 is 10.2 Å². The first-order chi connectivity index (χ1) is 12.3. The molecule has 1 N–H and O–H groups in total. The molecule has 0 unspecified atom stereocenters. The van der Waals surface area contributed by atoms with Crippen LogP contribution in [0.4, 0.5) is 10.7 Å². The number of nitrogens with zero attached hydrogens (tertiary/aromatic N) is 2. The van der Waals surface area contributed by atoms with Crippen molar-refractivity contribution in [2.75, 3.05) is 31.1 Å². The van der Waals surface area contributed by atoms with Crippen molar-refractivity contribution in [2.45, 2.75) is 32.2 Å². The number of para-hydroxylation sites is 1. The normalized spacial score (nSPS) is 20.0. The number of benzene rings is 1. The quantitative estimate of drug-likeness (QED) is 0.889. The molecular weight excluding hydrogens is 330 g/mol. The van der Waals surface area contributed by atoms with Crippen molar-refractivity contribution in [1.29, 1.82) is 0 Å². The zero-order valence-corrected chi connectivity index (χ0v) is 15.5. The van der Waals surface area contributed by atoms with E-state index in [9.17, 15) is 4.79 Å². The Morgan fingerprint density at radius 2 is 2.12 bits per heavy atom. The van der Waals surface area contributed by atoms with E-state index in [0.717, 1.165) is 42.5 Å². The van der Waals surface area contributed by atoms with E-state index in [1.807, 2.05) is 6.07 Å². The van der Waals surface area contributed by atoms with Gasteiger partial charge >= 0.3 is 0 Å². The third-order valence-corrected chi connectivity index (χ3v) is 6.48. The summed E-state index contributed by atoms with van der Waals surface area (Å²) in [5.74, 6) is 0.0617. The zero-order valence-electron chi connectivity index (χ0n) is 14.7. The molecule has 5 heteroatoms.